The Hall–Kier alpha value is -1.85. The van der Waals surface area contributed by atoms with Crippen LogP contribution >= 0.6 is 22.9 Å². The molecule has 6 heteroatoms. The fraction of sp³-hybridized carbons (Fsp3) is 0.143. The monoisotopic (exact) mass is 306 g/mol. The van der Waals surface area contributed by atoms with Crippen molar-refractivity contribution in [2.45, 2.75) is 6.42 Å². The lowest BCUT2D eigenvalue weighted by Crippen LogP contribution is -2.06. The molecule has 102 valence electrons. The second-order valence-corrected chi connectivity index (χ2v) is 5.58. The maximum Gasteiger partial charge on any atom is 0.193 e. The number of hydrogen-bond donors (Lipinski definition) is 0. The first-order valence-corrected chi connectivity index (χ1v) is 7.21. The number of carbonyl (C=O) groups is 1. The van der Waals surface area contributed by atoms with Gasteiger partial charge in [-0.1, -0.05) is 11.6 Å². The van der Waals surface area contributed by atoms with Gasteiger partial charge in [-0.3, -0.25) is 9.20 Å². The minimum absolute atomic E-state index is 0.0601. The highest BCUT2D eigenvalue weighted by Crippen LogP contribution is 2.24. The number of methoxy groups -OCH3 is 1. The van der Waals surface area contributed by atoms with Gasteiger partial charge in [-0.25, -0.2) is 4.98 Å². The van der Waals surface area contributed by atoms with Gasteiger partial charge in [0, 0.05) is 22.8 Å². The van der Waals surface area contributed by atoms with Crippen LogP contribution in [0.4, 0.5) is 0 Å². The number of rotatable bonds is 4. The van der Waals surface area contributed by atoms with Crippen LogP contribution in [0, 0.1) is 0 Å². The van der Waals surface area contributed by atoms with Gasteiger partial charge in [-0.05, 0) is 18.2 Å². The van der Waals surface area contributed by atoms with Crippen LogP contribution in [0.25, 0.3) is 4.96 Å². The third-order valence-corrected chi connectivity index (χ3v) is 3.95. The number of aromatic nitrogens is 2. The first-order chi connectivity index (χ1) is 9.67. The number of nitrogens with zero attached hydrogens (tertiary/aromatic N) is 2. The molecule has 0 atom stereocenters. The van der Waals surface area contributed by atoms with Crippen molar-refractivity contribution >= 4 is 33.7 Å². The van der Waals surface area contributed by atoms with E-state index in [0.717, 1.165) is 10.7 Å². The molecule has 2 aromatic heterocycles. The number of ketones is 1. The van der Waals surface area contributed by atoms with Crippen LogP contribution < -0.4 is 4.74 Å². The van der Waals surface area contributed by atoms with Gasteiger partial charge in [0.15, 0.2) is 10.7 Å². The second-order valence-electron chi connectivity index (χ2n) is 4.27. The van der Waals surface area contributed by atoms with Crippen molar-refractivity contribution in [3.05, 3.63) is 52.3 Å². The number of fused-ring (bicyclic) bond motifs is 1. The standard InChI is InChI=1S/C14H11ClN2O2S/c1-19-13-3-2-9(15)6-11(13)12(18)7-10-8-17-4-5-20-14(17)16-10/h2-6,8H,7H2,1H3. The summed E-state index contributed by atoms with van der Waals surface area (Å²) >= 11 is 7.48. The van der Waals surface area contributed by atoms with E-state index in [1.807, 2.05) is 22.2 Å². The molecule has 0 aliphatic heterocycles. The molecule has 0 saturated heterocycles. The summed E-state index contributed by atoms with van der Waals surface area (Å²) in [4.78, 5) is 17.6. The third-order valence-electron chi connectivity index (χ3n) is 2.95. The summed E-state index contributed by atoms with van der Waals surface area (Å²) in [6.07, 6.45) is 4.01. The highest BCUT2D eigenvalue weighted by Gasteiger charge is 2.15. The van der Waals surface area contributed by atoms with Crippen LogP contribution in [-0.4, -0.2) is 22.3 Å². The summed E-state index contributed by atoms with van der Waals surface area (Å²) in [6, 6.07) is 5.02. The Morgan fingerprint density at radius 1 is 1.50 bits per heavy atom. The molecule has 0 saturated carbocycles. The average Bonchev–Trinajstić information content (AvgIpc) is 2.99. The van der Waals surface area contributed by atoms with E-state index in [4.69, 9.17) is 16.3 Å². The smallest absolute Gasteiger partial charge is 0.193 e. The van der Waals surface area contributed by atoms with Crippen molar-refractivity contribution in [3.63, 3.8) is 0 Å². The number of hydrogen-bond acceptors (Lipinski definition) is 4. The molecule has 0 aliphatic rings. The Morgan fingerprint density at radius 3 is 3.10 bits per heavy atom. The van der Waals surface area contributed by atoms with Crippen molar-refractivity contribution < 1.29 is 9.53 Å². The second kappa shape index (κ2) is 5.26. The minimum atomic E-state index is -0.0601. The predicted octanol–water partition coefficient (Wildman–Crippen LogP) is 3.48. The van der Waals surface area contributed by atoms with Gasteiger partial charge in [0.25, 0.3) is 0 Å². The number of ether oxygens (including phenoxy) is 1. The van der Waals surface area contributed by atoms with Crippen LogP contribution in [0.3, 0.4) is 0 Å². The summed E-state index contributed by atoms with van der Waals surface area (Å²) < 4.78 is 7.11. The van der Waals surface area contributed by atoms with E-state index in [9.17, 15) is 4.79 Å². The summed E-state index contributed by atoms with van der Waals surface area (Å²) in [7, 11) is 1.53. The molecule has 4 nitrogen and oxygen atoms in total. The lowest BCUT2D eigenvalue weighted by molar-refractivity contribution is 0.0989. The molecule has 0 N–H and O–H groups in total. The molecule has 2 heterocycles. The van der Waals surface area contributed by atoms with Crippen molar-refractivity contribution in [3.8, 4) is 5.75 Å². The highest BCUT2D eigenvalue weighted by atomic mass is 35.5. The third kappa shape index (κ3) is 2.42. The van der Waals surface area contributed by atoms with E-state index in [2.05, 4.69) is 4.98 Å². The first kappa shape index (κ1) is 13.1. The van der Waals surface area contributed by atoms with E-state index in [0.29, 0.717) is 16.3 Å². The van der Waals surface area contributed by atoms with Crippen LogP contribution in [0.15, 0.2) is 36.0 Å². The lowest BCUT2D eigenvalue weighted by atomic mass is 10.1. The van der Waals surface area contributed by atoms with E-state index in [1.165, 1.54) is 18.4 Å². The molecule has 0 spiro atoms. The van der Waals surface area contributed by atoms with Crippen LogP contribution in [0.5, 0.6) is 5.75 Å². The summed E-state index contributed by atoms with van der Waals surface area (Å²) in [6.45, 7) is 0. The van der Waals surface area contributed by atoms with Crippen LogP contribution in [-0.2, 0) is 6.42 Å². The molecule has 3 aromatic rings. The van der Waals surface area contributed by atoms with E-state index in [1.54, 1.807) is 18.2 Å². The molecule has 20 heavy (non-hydrogen) atoms. The number of carbonyl (C=O) groups excluding carboxylic acids is 1. The van der Waals surface area contributed by atoms with Crippen LogP contribution in [0.2, 0.25) is 5.02 Å². The Kier molecular flexibility index (Phi) is 3.46. The largest absolute Gasteiger partial charge is 0.496 e. The van der Waals surface area contributed by atoms with Gasteiger partial charge in [0.1, 0.15) is 5.75 Å². The topological polar surface area (TPSA) is 43.6 Å². The molecule has 0 radical (unpaired) electrons. The normalized spacial score (nSPS) is 10.9. The molecule has 0 fully saturated rings. The summed E-state index contributed by atoms with van der Waals surface area (Å²) in [5.41, 5.74) is 1.22. The molecule has 0 aliphatic carbocycles. The summed E-state index contributed by atoms with van der Waals surface area (Å²) in [5, 5.41) is 2.47. The quantitative estimate of drug-likeness (QED) is 0.693. The average molecular weight is 307 g/mol. The van der Waals surface area contributed by atoms with Crippen molar-refractivity contribution in [1.82, 2.24) is 9.38 Å². The van der Waals surface area contributed by atoms with Gasteiger partial charge in [-0.15, -0.1) is 11.3 Å². The zero-order valence-corrected chi connectivity index (χ0v) is 12.2. The molecule has 0 unspecified atom stereocenters. The van der Waals surface area contributed by atoms with Gasteiger partial charge < -0.3 is 4.74 Å². The molecule has 0 bridgehead atoms. The van der Waals surface area contributed by atoms with E-state index >= 15 is 0 Å². The van der Waals surface area contributed by atoms with Crippen molar-refractivity contribution in [2.75, 3.05) is 7.11 Å². The predicted molar refractivity (Wildman–Crippen MR) is 79.1 cm³/mol. The molecule has 3 rings (SSSR count). The first-order valence-electron chi connectivity index (χ1n) is 5.95. The van der Waals surface area contributed by atoms with Crippen molar-refractivity contribution in [2.24, 2.45) is 0 Å². The Labute approximate surface area is 124 Å². The lowest BCUT2D eigenvalue weighted by Gasteiger charge is -2.07. The zero-order chi connectivity index (χ0) is 14.1. The Bertz CT molecular complexity index is 750. The Balaban J connectivity index is 1.89. The SMILES string of the molecule is COc1ccc(Cl)cc1C(=O)Cc1cn2ccsc2n1. The number of benzene rings is 1. The molecular weight excluding hydrogens is 296 g/mol. The summed E-state index contributed by atoms with van der Waals surface area (Å²) in [5.74, 6) is 0.468. The van der Waals surface area contributed by atoms with Gasteiger partial charge in [0.05, 0.1) is 24.8 Å². The molecule has 0 amide bonds. The highest BCUT2D eigenvalue weighted by molar-refractivity contribution is 7.15. The van der Waals surface area contributed by atoms with E-state index < -0.39 is 0 Å². The minimum Gasteiger partial charge on any atom is -0.496 e. The maximum atomic E-state index is 12.4. The van der Waals surface area contributed by atoms with E-state index in [-0.39, 0.29) is 12.2 Å². The molecular formula is C14H11ClN2O2S. The Morgan fingerprint density at radius 2 is 2.35 bits per heavy atom. The fourth-order valence-corrected chi connectivity index (χ4v) is 2.91. The van der Waals surface area contributed by atoms with Crippen LogP contribution in [0.1, 0.15) is 16.1 Å². The maximum absolute atomic E-state index is 12.4. The fourth-order valence-electron chi connectivity index (χ4n) is 2.02. The number of halogens is 1. The zero-order valence-electron chi connectivity index (χ0n) is 10.7. The van der Waals surface area contributed by atoms with Gasteiger partial charge >= 0.3 is 0 Å². The van der Waals surface area contributed by atoms with Crippen molar-refractivity contribution in [1.29, 1.82) is 0 Å². The van der Waals surface area contributed by atoms with Gasteiger partial charge in [-0.2, -0.15) is 0 Å². The van der Waals surface area contributed by atoms with Gasteiger partial charge in [0.2, 0.25) is 0 Å². The molecule has 1 aromatic carbocycles. The number of thiazole rings is 1. The number of Topliss-reactive ketones (excluding diaryl/α,β-unsaturated/α-hetero) is 1. The number of imidazole rings is 1.